The number of amides is 1. The first kappa shape index (κ1) is 12.4. The highest BCUT2D eigenvalue weighted by atomic mass is 16.2. The first-order valence-corrected chi connectivity index (χ1v) is 6.54. The Kier molecular flexibility index (Phi) is 3.68. The van der Waals surface area contributed by atoms with E-state index in [1.165, 1.54) is 0 Å². The van der Waals surface area contributed by atoms with Gasteiger partial charge in [0, 0.05) is 6.54 Å². The van der Waals surface area contributed by atoms with Crippen molar-refractivity contribution in [2.45, 2.75) is 32.1 Å². The zero-order valence-corrected chi connectivity index (χ0v) is 10.5. The molecule has 0 aromatic carbocycles. The quantitative estimate of drug-likeness (QED) is 0.798. The molecule has 17 heavy (non-hydrogen) atoms. The van der Waals surface area contributed by atoms with Gasteiger partial charge in [-0.15, -0.1) is 0 Å². The minimum absolute atomic E-state index is 0.0369. The molecule has 4 nitrogen and oxygen atoms in total. The van der Waals surface area contributed by atoms with E-state index in [-0.39, 0.29) is 5.91 Å². The third kappa shape index (κ3) is 2.61. The summed E-state index contributed by atoms with van der Waals surface area (Å²) in [5.41, 5.74) is -0.689. The molecule has 4 heteroatoms. The molecular formula is C13H21N3O. The molecule has 1 saturated heterocycles. The van der Waals surface area contributed by atoms with Crippen LogP contribution in [-0.2, 0) is 4.79 Å². The van der Waals surface area contributed by atoms with Crippen LogP contribution in [0.2, 0.25) is 0 Å². The van der Waals surface area contributed by atoms with Crippen LogP contribution in [0.15, 0.2) is 0 Å². The number of piperidine rings is 1. The summed E-state index contributed by atoms with van der Waals surface area (Å²) in [5.74, 6) is 0.552. The van der Waals surface area contributed by atoms with Gasteiger partial charge >= 0.3 is 0 Å². The molecule has 2 aliphatic rings. The number of hydrogen-bond acceptors (Lipinski definition) is 3. The largest absolute Gasteiger partial charge is 0.354 e. The highest BCUT2D eigenvalue weighted by Gasteiger charge is 2.44. The molecule has 0 spiro atoms. The van der Waals surface area contributed by atoms with E-state index in [0.29, 0.717) is 5.92 Å². The van der Waals surface area contributed by atoms with Crippen LogP contribution < -0.4 is 5.32 Å². The second kappa shape index (κ2) is 5.05. The molecule has 0 radical (unpaired) electrons. The fourth-order valence-corrected chi connectivity index (χ4v) is 2.59. The van der Waals surface area contributed by atoms with Gasteiger partial charge in [-0.25, -0.2) is 0 Å². The minimum Gasteiger partial charge on any atom is -0.354 e. The lowest BCUT2D eigenvalue weighted by Gasteiger charge is -2.35. The summed E-state index contributed by atoms with van der Waals surface area (Å²) in [5, 5.41) is 12.0. The highest BCUT2D eigenvalue weighted by molar-refractivity contribution is 5.86. The SMILES string of the molecule is CN1CCC(CNC(=O)C2(C#N)CCC2)CC1. The maximum Gasteiger partial charge on any atom is 0.240 e. The van der Waals surface area contributed by atoms with Gasteiger partial charge in [0.1, 0.15) is 5.41 Å². The molecule has 0 aromatic heterocycles. The first-order valence-electron chi connectivity index (χ1n) is 6.54. The maximum absolute atomic E-state index is 11.9. The van der Waals surface area contributed by atoms with Crippen LogP contribution in [0, 0.1) is 22.7 Å². The van der Waals surface area contributed by atoms with E-state index >= 15 is 0 Å². The summed E-state index contributed by atoms with van der Waals surface area (Å²) >= 11 is 0. The number of nitrogens with zero attached hydrogens (tertiary/aromatic N) is 2. The van der Waals surface area contributed by atoms with Crippen LogP contribution in [0.3, 0.4) is 0 Å². The van der Waals surface area contributed by atoms with Gasteiger partial charge in [0.15, 0.2) is 0 Å². The summed E-state index contributed by atoms with van der Waals surface area (Å²) in [6, 6.07) is 2.19. The molecule has 1 amide bonds. The lowest BCUT2D eigenvalue weighted by atomic mass is 9.69. The molecule has 0 aromatic rings. The summed E-state index contributed by atoms with van der Waals surface area (Å²) in [7, 11) is 2.13. The Labute approximate surface area is 103 Å². The maximum atomic E-state index is 11.9. The summed E-state index contributed by atoms with van der Waals surface area (Å²) in [6.45, 7) is 2.98. The van der Waals surface area contributed by atoms with Crippen molar-refractivity contribution < 1.29 is 4.79 Å². The standard InChI is InChI=1S/C13H21N3O/c1-16-7-3-11(4-8-16)9-15-12(17)13(10-14)5-2-6-13/h11H,2-9H2,1H3,(H,15,17). The second-order valence-corrected chi connectivity index (χ2v) is 5.50. The van der Waals surface area contributed by atoms with Crippen LogP contribution in [0.4, 0.5) is 0 Å². The Bertz CT molecular complexity index is 322. The van der Waals surface area contributed by atoms with Crippen molar-refractivity contribution in [1.82, 2.24) is 10.2 Å². The lowest BCUT2D eigenvalue weighted by molar-refractivity contribution is -0.132. The van der Waals surface area contributed by atoms with E-state index < -0.39 is 5.41 Å². The Balaban J connectivity index is 1.75. The number of carbonyl (C=O) groups is 1. The van der Waals surface area contributed by atoms with Crippen LogP contribution in [-0.4, -0.2) is 37.5 Å². The zero-order chi connectivity index (χ0) is 12.3. The van der Waals surface area contributed by atoms with E-state index in [1.54, 1.807) is 0 Å². The monoisotopic (exact) mass is 235 g/mol. The van der Waals surface area contributed by atoms with Crippen LogP contribution in [0.25, 0.3) is 0 Å². The van der Waals surface area contributed by atoms with E-state index in [2.05, 4.69) is 23.3 Å². The third-order valence-corrected chi connectivity index (χ3v) is 4.25. The molecule has 1 aliphatic carbocycles. The Morgan fingerprint density at radius 2 is 2.12 bits per heavy atom. The fourth-order valence-electron chi connectivity index (χ4n) is 2.59. The molecule has 94 valence electrons. The average molecular weight is 235 g/mol. The van der Waals surface area contributed by atoms with Crippen molar-refractivity contribution >= 4 is 5.91 Å². The molecule has 0 bridgehead atoms. The van der Waals surface area contributed by atoms with Crippen LogP contribution in [0.5, 0.6) is 0 Å². The topological polar surface area (TPSA) is 56.1 Å². The lowest BCUT2D eigenvalue weighted by Crippen LogP contribution is -2.47. The van der Waals surface area contributed by atoms with Crippen molar-refractivity contribution in [3.63, 3.8) is 0 Å². The van der Waals surface area contributed by atoms with E-state index in [9.17, 15) is 4.79 Å². The van der Waals surface area contributed by atoms with Gasteiger partial charge in [-0.05, 0) is 58.2 Å². The summed E-state index contributed by atoms with van der Waals surface area (Å²) in [4.78, 5) is 14.3. The molecule has 1 heterocycles. The Morgan fingerprint density at radius 1 is 1.47 bits per heavy atom. The number of likely N-dealkylation sites (tertiary alicyclic amines) is 1. The molecule has 1 saturated carbocycles. The van der Waals surface area contributed by atoms with Crippen LogP contribution in [0.1, 0.15) is 32.1 Å². The van der Waals surface area contributed by atoms with Gasteiger partial charge in [-0.2, -0.15) is 5.26 Å². The summed E-state index contributed by atoms with van der Waals surface area (Å²) < 4.78 is 0. The molecule has 2 rings (SSSR count). The second-order valence-electron chi connectivity index (χ2n) is 5.50. The molecular weight excluding hydrogens is 214 g/mol. The van der Waals surface area contributed by atoms with Gasteiger partial charge in [0.25, 0.3) is 0 Å². The van der Waals surface area contributed by atoms with Crippen molar-refractivity contribution in [2.75, 3.05) is 26.7 Å². The van der Waals surface area contributed by atoms with Crippen LogP contribution >= 0.6 is 0 Å². The Hall–Kier alpha value is -1.08. The number of nitrogens with one attached hydrogen (secondary N) is 1. The molecule has 2 fully saturated rings. The van der Waals surface area contributed by atoms with Gasteiger partial charge in [-0.1, -0.05) is 0 Å². The van der Waals surface area contributed by atoms with Gasteiger partial charge < -0.3 is 10.2 Å². The molecule has 1 N–H and O–H groups in total. The van der Waals surface area contributed by atoms with Gasteiger partial charge in [0.05, 0.1) is 6.07 Å². The van der Waals surface area contributed by atoms with E-state index in [4.69, 9.17) is 5.26 Å². The van der Waals surface area contributed by atoms with E-state index in [0.717, 1.165) is 51.7 Å². The van der Waals surface area contributed by atoms with Gasteiger partial charge in [0.2, 0.25) is 5.91 Å². The fraction of sp³-hybridized carbons (Fsp3) is 0.846. The average Bonchev–Trinajstić information content (AvgIpc) is 2.27. The van der Waals surface area contributed by atoms with Crippen molar-refractivity contribution in [3.8, 4) is 6.07 Å². The number of rotatable bonds is 3. The minimum atomic E-state index is -0.689. The normalized spacial score (nSPS) is 24.7. The third-order valence-electron chi connectivity index (χ3n) is 4.25. The first-order chi connectivity index (χ1) is 8.16. The molecule has 1 aliphatic heterocycles. The predicted octanol–water partition coefficient (Wildman–Crippen LogP) is 1.14. The number of carbonyl (C=O) groups excluding carboxylic acids is 1. The van der Waals surface area contributed by atoms with E-state index in [1.807, 2.05) is 0 Å². The molecule has 0 unspecified atom stereocenters. The van der Waals surface area contributed by atoms with Crippen molar-refractivity contribution in [3.05, 3.63) is 0 Å². The highest BCUT2D eigenvalue weighted by Crippen LogP contribution is 2.40. The van der Waals surface area contributed by atoms with Gasteiger partial charge in [-0.3, -0.25) is 4.79 Å². The van der Waals surface area contributed by atoms with Crippen molar-refractivity contribution in [1.29, 1.82) is 5.26 Å². The summed E-state index contributed by atoms with van der Waals surface area (Å²) in [6.07, 6.45) is 4.79. The Morgan fingerprint density at radius 3 is 2.59 bits per heavy atom. The smallest absolute Gasteiger partial charge is 0.240 e. The zero-order valence-electron chi connectivity index (χ0n) is 10.5. The molecule has 0 atom stereocenters. The predicted molar refractivity (Wildman–Crippen MR) is 65.1 cm³/mol. The number of nitriles is 1. The number of hydrogen-bond donors (Lipinski definition) is 1. The van der Waals surface area contributed by atoms with Crippen molar-refractivity contribution in [2.24, 2.45) is 11.3 Å².